The molecule has 2 aromatic heterocycles. The first kappa shape index (κ1) is 25.6. The number of methoxy groups -OCH3 is 1. The van der Waals surface area contributed by atoms with Crippen LogP contribution in [0.1, 0.15) is 12.5 Å². The van der Waals surface area contributed by atoms with Crippen molar-refractivity contribution in [3.05, 3.63) is 70.0 Å². The van der Waals surface area contributed by atoms with Crippen LogP contribution in [0.15, 0.2) is 48.3 Å². The Bertz CT molecular complexity index is 1260. The van der Waals surface area contributed by atoms with Gasteiger partial charge in [-0.3, -0.25) is 14.6 Å². The molecule has 0 saturated carbocycles. The summed E-state index contributed by atoms with van der Waals surface area (Å²) in [6.45, 7) is 17.7. The van der Waals surface area contributed by atoms with E-state index in [9.17, 15) is 9.90 Å². The lowest BCUT2D eigenvalue weighted by Gasteiger charge is -2.35. The van der Waals surface area contributed by atoms with Gasteiger partial charge in [-0.15, -0.1) is 13.2 Å². The van der Waals surface area contributed by atoms with Crippen molar-refractivity contribution in [1.82, 2.24) is 19.8 Å². The van der Waals surface area contributed by atoms with Crippen molar-refractivity contribution in [3.63, 3.8) is 0 Å². The lowest BCUT2D eigenvalue weighted by Crippen LogP contribution is -2.48. The predicted molar refractivity (Wildman–Crippen MR) is 140 cm³/mol. The Labute approximate surface area is 200 Å². The maximum absolute atomic E-state index is 12.5. The lowest BCUT2D eigenvalue weighted by molar-refractivity contribution is 0.0230. The molecular formula is C27H36N4O3. The molecule has 1 aromatic carbocycles. The van der Waals surface area contributed by atoms with E-state index in [4.69, 9.17) is 4.74 Å². The number of hydrogen-bond acceptors (Lipinski definition) is 5. The first-order chi connectivity index (χ1) is 16.5. The molecule has 7 heteroatoms. The second kappa shape index (κ2) is 11.9. The highest BCUT2D eigenvalue weighted by Crippen LogP contribution is 2.23. The number of β-amino-alcohol motifs (C(OH)–C–C–N with tert-alkyl or cyclic N) is 1. The number of rotatable bonds is 7. The van der Waals surface area contributed by atoms with Crippen LogP contribution in [0, 0.1) is 0 Å². The highest BCUT2D eigenvalue weighted by Gasteiger charge is 2.19. The summed E-state index contributed by atoms with van der Waals surface area (Å²) in [5, 5.41) is 12.6. The average molecular weight is 465 g/mol. The van der Waals surface area contributed by atoms with Gasteiger partial charge in [-0.2, -0.15) is 0 Å². The number of pyridine rings is 1. The molecule has 0 amide bonds. The predicted octanol–water partition coefficient (Wildman–Crippen LogP) is 1.66. The summed E-state index contributed by atoms with van der Waals surface area (Å²) in [5.41, 5.74) is 3.54. The molecule has 3 N–H and O–H groups in total. The lowest BCUT2D eigenvalue weighted by atomic mass is 10.1. The second-order valence-corrected chi connectivity index (χ2v) is 8.53. The molecule has 1 unspecified atom stereocenters. The number of aliphatic hydroxyl groups excluding tert-OH is 1. The van der Waals surface area contributed by atoms with E-state index in [0.717, 1.165) is 59.9 Å². The summed E-state index contributed by atoms with van der Waals surface area (Å²) in [5.74, 6) is 0. The summed E-state index contributed by atoms with van der Waals surface area (Å²) >= 11 is 0. The third kappa shape index (κ3) is 6.12. The monoisotopic (exact) mass is 464 g/mol. The maximum atomic E-state index is 12.5. The number of nitrogens with one attached hydrogen (secondary N) is 2. The van der Waals surface area contributed by atoms with Crippen LogP contribution in [0.3, 0.4) is 0 Å². The van der Waals surface area contributed by atoms with E-state index in [1.807, 2.05) is 25.1 Å². The standard InChI is InChI=1S/C25H32N4O3.C2H4/c1-4-22-17(2)11-21(25(31)27-22)24-13-19-12-18(5-6-23(19)26-24)14-28-7-9-29(10-8-28)15-20(30)16-32-3;1-2/h4-6,11-13,20,26,30H,2,7-10,14-16H2,1,3H3,(H,27,31);1-2H2/b22-4+;. The molecule has 4 rings (SSSR count). The minimum Gasteiger partial charge on any atom is -0.389 e. The summed E-state index contributed by atoms with van der Waals surface area (Å²) in [6, 6.07) is 10.3. The Kier molecular flexibility index (Phi) is 9.01. The van der Waals surface area contributed by atoms with Gasteiger partial charge in [0.05, 0.1) is 24.0 Å². The van der Waals surface area contributed by atoms with Gasteiger partial charge >= 0.3 is 0 Å². The van der Waals surface area contributed by atoms with Crippen LogP contribution in [-0.4, -0.2) is 77.4 Å². The molecule has 3 aromatic rings. The zero-order valence-corrected chi connectivity index (χ0v) is 20.3. The van der Waals surface area contributed by atoms with Gasteiger partial charge in [-0.25, -0.2) is 0 Å². The van der Waals surface area contributed by atoms with Crippen LogP contribution < -0.4 is 16.1 Å². The van der Waals surface area contributed by atoms with Crippen LogP contribution in [0.25, 0.3) is 34.8 Å². The van der Waals surface area contributed by atoms with Crippen molar-refractivity contribution in [3.8, 4) is 11.3 Å². The normalized spacial score (nSPS) is 16.4. The molecule has 1 aliphatic heterocycles. The average Bonchev–Trinajstić information content (AvgIpc) is 3.26. The van der Waals surface area contributed by atoms with Crippen molar-refractivity contribution in [2.75, 3.05) is 46.4 Å². The molecule has 1 fully saturated rings. The van der Waals surface area contributed by atoms with Crippen LogP contribution >= 0.6 is 0 Å². The SMILES string of the molecule is C=C.C=c1cc(-c2cc3cc(CN4CCN(CC(O)COC)CC4)ccc3[nH]2)c(=O)[nH]/c1=C/C. The van der Waals surface area contributed by atoms with Crippen molar-refractivity contribution in [2.45, 2.75) is 19.6 Å². The van der Waals surface area contributed by atoms with Gasteiger partial charge in [0.1, 0.15) is 0 Å². The number of ether oxygens (including phenoxy) is 1. The Morgan fingerprint density at radius 1 is 1.12 bits per heavy atom. The van der Waals surface area contributed by atoms with Crippen molar-refractivity contribution in [2.24, 2.45) is 0 Å². The second-order valence-electron chi connectivity index (χ2n) is 8.53. The fourth-order valence-electron chi connectivity index (χ4n) is 4.40. The molecule has 1 saturated heterocycles. The summed E-state index contributed by atoms with van der Waals surface area (Å²) in [4.78, 5) is 23.5. The number of aromatic nitrogens is 2. The first-order valence-electron chi connectivity index (χ1n) is 11.6. The van der Waals surface area contributed by atoms with Gasteiger partial charge in [-0.1, -0.05) is 18.7 Å². The number of H-pyrrole nitrogens is 2. The van der Waals surface area contributed by atoms with Gasteiger partial charge < -0.3 is 19.8 Å². The molecule has 7 nitrogen and oxygen atoms in total. The van der Waals surface area contributed by atoms with E-state index in [1.54, 1.807) is 7.11 Å². The third-order valence-electron chi connectivity index (χ3n) is 6.12. The Morgan fingerprint density at radius 3 is 2.50 bits per heavy atom. The minimum absolute atomic E-state index is 0.120. The highest BCUT2D eigenvalue weighted by atomic mass is 16.5. The number of benzene rings is 1. The molecule has 1 aliphatic rings. The fraction of sp³-hybridized carbons (Fsp3) is 0.370. The Balaban J connectivity index is 0.00000158. The molecule has 182 valence electrons. The zero-order chi connectivity index (χ0) is 24.7. The maximum Gasteiger partial charge on any atom is 0.257 e. The first-order valence-corrected chi connectivity index (χ1v) is 11.6. The zero-order valence-electron chi connectivity index (χ0n) is 20.3. The molecule has 3 heterocycles. The van der Waals surface area contributed by atoms with Gasteiger partial charge in [-0.05, 0) is 42.0 Å². The molecule has 0 radical (unpaired) electrons. The van der Waals surface area contributed by atoms with Crippen LogP contribution in [-0.2, 0) is 11.3 Å². The van der Waals surface area contributed by atoms with Crippen molar-refractivity contribution < 1.29 is 9.84 Å². The highest BCUT2D eigenvalue weighted by molar-refractivity contribution is 5.86. The van der Waals surface area contributed by atoms with E-state index in [0.29, 0.717) is 18.7 Å². The van der Waals surface area contributed by atoms with Crippen LogP contribution in [0.2, 0.25) is 0 Å². The summed E-state index contributed by atoms with van der Waals surface area (Å²) in [6.07, 6.45) is 1.42. The van der Waals surface area contributed by atoms with Gasteiger partial charge in [0.25, 0.3) is 5.56 Å². The van der Waals surface area contributed by atoms with Gasteiger partial charge in [0.2, 0.25) is 0 Å². The number of aliphatic hydroxyl groups is 1. The third-order valence-corrected chi connectivity index (χ3v) is 6.12. The topological polar surface area (TPSA) is 84.6 Å². The summed E-state index contributed by atoms with van der Waals surface area (Å²) < 4.78 is 5.02. The number of fused-ring (bicyclic) bond motifs is 1. The van der Waals surface area contributed by atoms with E-state index >= 15 is 0 Å². The number of piperazine rings is 1. The molecule has 1 atom stereocenters. The molecule has 0 aliphatic carbocycles. The smallest absolute Gasteiger partial charge is 0.257 e. The number of hydrogen-bond donors (Lipinski definition) is 3. The minimum atomic E-state index is -0.431. The largest absolute Gasteiger partial charge is 0.389 e. The molecule has 34 heavy (non-hydrogen) atoms. The summed E-state index contributed by atoms with van der Waals surface area (Å²) in [7, 11) is 1.61. The van der Waals surface area contributed by atoms with E-state index in [1.165, 1.54) is 5.56 Å². The molecule has 0 spiro atoms. The fourth-order valence-corrected chi connectivity index (χ4v) is 4.40. The Morgan fingerprint density at radius 2 is 1.82 bits per heavy atom. The number of nitrogens with zero attached hydrogens (tertiary/aromatic N) is 2. The van der Waals surface area contributed by atoms with Gasteiger partial charge in [0.15, 0.2) is 0 Å². The quantitative estimate of drug-likeness (QED) is 0.463. The van der Waals surface area contributed by atoms with E-state index < -0.39 is 6.10 Å². The van der Waals surface area contributed by atoms with E-state index in [2.05, 4.69) is 57.7 Å². The Hall–Kier alpha value is -2.97. The van der Waals surface area contributed by atoms with Crippen LogP contribution in [0.5, 0.6) is 0 Å². The van der Waals surface area contributed by atoms with Crippen molar-refractivity contribution >= 4 is 23.6 Å². The van der Waals surface area contributed by atoms with Crippen molar-refractivity contribution in [1.29, 1.82) is 0 Å². The van der Waals surface area contributed by atoms with E-state index in [-0.39, 0.29) is 5.56 Å². The van der Waals surface area contributed by atoms with Gasteiger partial charge in [0, 0.05) is 62.6 Å². The number of aromatic amines is 2. The van der Waals surface area contributed by atoms with Crippen LogP contribution in [0.4, 0.5) is 0 Å². The molecular weight excluding hydrogens is 428 g/mol. The molecule has 0 bridgehead atoms.